The molecule has 0 aliphatic carbocycles. The Bertz CT molecular complexity index is 614. The van der Waals surface area contributed by atoms with Crippen molar-refractivity contribution in [3.8, 4) is 11.1 Å². The van der Waals surface area contributed by atoms with Crippen molar-refractivity contribution in [2.24, 2.45) is 12.0 Å². The Morgan fingerprint density at radius 3 is 3.05 bits per heavy atom. The van der Waals surface area contributed by atoms with Crippen LogP contribution in [-0.2, 0) is 13.6 Å². The first-order valence-corrected chi connectivity index (χ1v) is 6.91. The second-order valence-corrected chi connectivity index (χ2v) is 4.97. The summed E-state index contributed by atoms with van der Waals surface area (Å²) >= 11 is 0. The number of aliphatic imine (C=N–C) groups is 1. The molecule has 1 aliphatic heterocycles. The lowest BCUT2D eigenvalue weighted by Gasteiger charge is -2.16. The summed E-state index contributed by atoms with van der Waals surface area (Å²) in [6.07, 6.45) is 5.03. The third-order valence-corrected chi connectivity index (χ3v) is 3.32. The second kappa shape index (κ2) is 5.77. The molecule has 0 saturated heterocycles. The Morgan fingerprint density at radius 1 is 1.35 bits per heavy atom. The number of nitrogens with zero attached hydrogens (tertiary/aromatic N) is 3. The van der Waals surface area contributed by atoms with Gasteiger partial charge < -0.3 is 10.6 Å². The minimum Gasteiger partial charge on any atom is -0.356 e. The molecule has 1 aromatic carbocycles. The molecular formula is C15H19N5. The van der Waals surface area contributed by atoms with E-state index in [4.69, 9.17) is 0 Å². The summed E-state index contributed by atoms with van der Waals surface area (Å²) in [7, 11) is 1.93. The van der Waals surface area contributed by atoms with Gasteiger partial charge >= 0.3 is 0 Å². The lowest BCUT2D eigenvalue weighted by molar-refractivity contribution is 0.702. The molecule has 0 atom stereocenters. The van der Waals surface area contributed by atoms with Crippen molar-refractivity contribution in [3.63, 3.8) is 0 Å². The van der Waals surface area contributed by atoms with Gasteiger partial charge in [-0.05, 0) is 23.6 Å². The third kappa shape index (κ3) is 2.99. The number of aryl methyl sites for hydroxylation is 1. The minimum absolute atomic E-state index is 0.778. The molecule has 0 saturated carbocycles. The number of hydrogen-bond donors (Lipinski definition) is 2. The Morgan fingerprint density at radius 2 is 2.30 bits per heavy atom. The maximum absolute atomic E-state index is 4.41. The highest BCUT2D eigenvalue weighted by Gasteiger charge is 2.04. The fraction of sp³-hybridized carbons (Fsp3) is 0.333. The van der Waals surface area contributed by atoms with Gasteiger partial charge in [-0.3, -0.25) is 9.67 Å². The molecule has 104 valence electrons. The molecule has 0 unspecified atom stereocenters. The maximum atomic E-state index is 4.41. The van der Waals surface area contributed by atoms with Gasteiger partial charge in [0.1, 0.15) is 0 Å². The highest BCUT2D eigenvalue weighted by molar-refractivity contribution is 5.80. The number of hydrogen-bond acceptors (Lipinski definition) is 4. The molecule has 5 heteroatoms. The van der Waals surface area contributed by atoms with Gasteiger partial charge in [-0.1, -0.05) is 18.2 Å². The van der Waals surface area contributed by atoms with Crippen molar-refractivity contribution in [2.75, 3.05) is 13.1 Å². The van der Waals surface area contributed by atoms with E-state index >= 15 is 0 Å². The molecule has 0 radical (unpaired) electrons. The van der Waals surface area contributed by atoms with Crippen molar-refractivity contribution >= 4 is 5.96 Å². The van der Waals surface area contributed by atoms with E-state index in [0.717, 1.165) is 37.6 Å². The maximum Gasteiger partial charge on any atom is 0.191 e. The molecule has 1 aliphatic rings. The van der Waals surface area contributed by atoms with E-state index < -0.39 is 0 Å². The van der Waals surface area contributed by atoms with Gasteiger partial charge in [0.2, 0.25) is 0 Å². The molecule has 2 heterocycles. The average Bonchev–Trinajstić information content (AvgIpc) is 2.93. The van der Waals surface area contributed by atoms with Crippen LogP contribution in [0.4, 0.5) is 0 Å². The van der Waals surface area contributed by atoms with E-state index in [1.54, 1.807) is 0 Å². The smallest absolute Gasteiger partial charge is 0.191 e. The fourth-order valence-electron chi connectivity index (χ4n) is 2.27. The van der Waals surface area contributed by atoms with Crippen LogP contribution >= 0.6 is 0 Å². The van der Waals surface area contributed by atoms with E-state index in [1.165, 1.54) is 11.1 Å². The second-order valence-electron chi connectivity index (χ2n) is 4.97. The average molecular weight is 269 g/mol. The van der Waals surface area contributed by atoms with Gasteiger partial charge in [0.15, 0.2) is 5.96 Å². The quantitative estimate of drug-likeness (QED) is 0.888. The molecule has 2 aromatic rings. The standard InChI is InChI=1S/C15H19N5/c1-20-11-14(10-19-20)13-5-2-4-12(8-13)9-18-15-16-6-3-7-17-15/h2,4-5,8,10-11H,3,6-7,9H2,1H3,(H2,16,17,18). The van der Waals surface area contributed by atoms with Gasteiger partial charge in [0, 0.05) is 38.4 Å². The van der Waals surface area contributed by atoms with Crippen LogP contribution in [0, 0.1) is 0 Å². The monoisotopic (exact) mass is 269 g/mol. The van der Waals surface area contributed by atoms with Crippen molar-refractivity contribution in [3.05, 3.63) is 42.2 Å². The molecular weight excluding hydrogens is 250 g/mol. The largest absolute Gasteiger partial charge is 0.356 e. The van der Waals surface area contributed by atoms with E-state index in [2.05, 4.69) is 45.0 Å². The SMILES string of the molecule is Cn1cc(-c2cccc(CNC3=NCCCN3)c2)cn1. The van der Waals surface area contributed by atoms with E-state index in [-0.39, 0.29) is 0 Å². The Balaban J connectivity index is 1.69. The van der Waals surface area contributed by atoms with Gasteiger partial charge in [-0.25, -0.2) is 0 Å². The molecule has 1 aromatic heterocycles. The zero-order valence-corrected chi connectivity index (χ0v) is 11.6. The van der Waals surface area contributed by atoms with Gasteiger partial charge in [-0.2, -0.15) is 5.10 Å². The molecule has 2 N–H and O–H groups in total. The number of benzene rings is 1. The van der Waals surface area contributed by atoms with Crippen LogP contribution < -0.4 is 10.6 Å². The van der Waals surface area contributed by atoms with Gasteiger partial charge in [0.25, 0.3) is 0 Å². The van der Waals surface area contributed by atoms with Gasteiger partial charge in [-0.15, -0.1) is 0 Å². The highest BCUT2D eigenvalue weighted by Crippen LogP contribution is 2.19. The van der Waals surface area contributed by atoms with Crippen LogP contribution in [0.15, 0.2) is 41.7 Å². The first-order valence-electron chi connectivity index (χ1n) is 6.91. The first-order chi connectivity index (χ1) is 9.81. The molecule has 5 nitrogen and oxygen atoms in total. The fourth-order valence-corrected chi connectivity index (χ4v) is 2.27. The normalized spacial score (nSPS) is 14.6. The number of aromatic nitrogens is 2. The molecule has 0 fully saturated rings. The van der Waals surface area contributed by atoms with Gasteiger partial charge in [0.05, 0.1) is 6.20 Å². The summed E-state index contributed by atoms with van der Waals surface area (Å²) < 4.78 is 1.82. The van der Waals surface area contributed by atoms with Crippen LogP contribution in [0.5, 0.6) is 0 Å². The Kier molecular flexibility index (Phi) is 3.67. The lowest BCUT2D eigenvalue weighted by atomic mass is 10.1. The summed E-state index contributed by atoms with van der Waals surface area (Å²) in [5.74, 6) is 0.906. The highest BCUT2D eigenvalue weighted by atomic mass is 15.2. The molecule has 20 heavy (non-hydrogen) atoms. The van der Waals surface area contributed by atoms with Crippen LogP contribution in [-0.4, -0.2) is 28.8 Å². The predicted octanol–water partition coefficient (Wildman–Crippen LogP) is 1.53. The topological polar surface area (TPSA) is 54.2 Å². The third-order valence-electron chi connectivity index (χ3n) is 3.32. The summed E-state index contributed by atoms with van der Waals surface area (Å²) in [5.41, 5.74) is 3.57. The van der Waals surface area contributed by atoms with Crippen LogP contribution in [0.2, 0.25) is 0 Å². The lowest BCUT2D eigenvalue weighted by Crippen LogP contribution is -2.40. The predicted molar refractivity (Wildman–Crippen MR) is 80.4 cm³/mol. The zero-order chi connectivity index (χ0) is 13.8. The van der Waals surface area contributed by atoms with E-state index in [0.29, 0.717) is 0 Å². The molecule has 0 spiro atoms. The van der Waals surface area contributed by atoms with Crippen molar-refractivity contribution in [1.82, 2.24) is 20.4 Å². The Hall–Kier alpha value is -2.30. The summed E-state index contributed by atoms with van der Waals surface area (Å²) in [6, 6.07) is 8.50. The zero-order valence-electron chi connectivity index (χ0n) is 11.6. The van der Waals surface area contributed by atoms with Crippen LogP contribution in [0.1, 0.15) is 12.0 Å². The summed E-state index contributed by atoms with van der Waals surface area (Å²) in [4.78, 5) is 4.41. The van der Waals surface area contributed by atoms with Crippen molar-refractivity contribution < 1.29 is 0 Å². The van der Waals surface area contributed by atoms with Crippen molar-refractivity contribution in [2.45, 2.75) is 13.0 Å². The molecule has 0 amide bonds. The molecule has 0 bridgehead atoms. The number of rotatable bonds is 3. The van der Waals surface area contributed by atoms with Crippen LogP contribution in [0.25, 0.3) is 11.1 Å². The minimum atomic E-state index is 0.778. The number of nitrogens with one attached hydrogen (secondary N) is 2. The van der Waals surface area contributed by atoms with Crippen molar-refractivity contribution in [1.29, 1.82) is 0 Å². The van der Waals surface area contributed by atoms with Crippen LogP contribution in [0.3, 0.4) is 0 Å². The molecule has 3 rings (SSSR count). The first kappa shape index (κ1) is 12.7. The summed E-state index contributed by atoms with van der Waals surface area (Å²) in [6.45, 7) is 2.69. The van der Waals surface area contributed by atoms with E-state index in [9.17, 15) is 0 Å². The Labute approximate surface area is 118 Å². The van der Waals surface area contributed by atoms with E-state index in [1.807, 2.05) is 24.1 Å². The summed E-state index contributed by atoms with van der Waals surface area (Å²) in [5, 5.41) is 10.8. The number of guanidine groups is 1.